The van der Waals surface area contributed by atoms with Gasteiger partial charge < -0.3 is 20.5 Å². The van der Waals surface area contributed by atoms with E-state index in [-0.39, 0.29) is 0 Å². The highest BCUT2D eigenvalue weighted by Gasteiger charge is 2.24. The van der Waals surface area contributed by atoms with Crippen molar-refractivity contribution in [3.05, 3.63) is 35.9 Å². The third-order valence-corrected chi connectivity index (χ3v) is 3.86. The van der Waals surface area contributed by atoms with Crippen molar-refractivity contribution >= 4 is 6.09 Å². The lowest BCUT2D eigenvalue weighted by atomic mass is 10.0. The van der Waals surface area contributed by atoms with Crippen LogP contribution in [0.1, 0.15) is 53.0 Å². The van der Waals surface area contributed by atoms with E-state index < -0.39 is 23.8 Å². The Bertz CT molecular complexity index is 627. The normalized spacial score (nSPS) is 13.4. The summed E-state index contributed by atoms with van der Waals surface area (Å²) in [6.45, 7) is 10.8. The van der Waals surface area contributed by atoms with Gasteiger partial charge in [0.2, 0.25) is 0 Å². The molecule has 5 nitrogen and oxygen atoms in total. The summed E-state index contributed by atoms with van der Waals surface area (Å²) in [5, 5.41) is 16.7. The smallest absolute Gasteiger partial charge is 0.407 e. The molecule has 2 atom stereocenters. The topological polar surface area (TPSA) is 70.6 Å². The molecule has 2 unspecified atom stereocenters. The maximum Gasteiger partial charge on any atom is 0.407 e. The van der Waals surface area contributed by atoms with Gasteiger partial charge in [0, 0.05) is 18.9 Å². The van der Waals surface area contributed by atoms with Gasteiger partial charge in [0.25, 0.3) is 0 Å². The molecule has 0 bridgehead atoms. The summed E-state index contributed by atoms with van der Waals surface area (Å²) in [6.07, 6.45) is 1.05. The fourth-order valence-electron chi connectivity index (χ4n) is 2.58. The minimum absolute atomic E-state index is 0.394. The van der Waals surface area contributed by atoms with Crippen molar-refractivity contribution in [1.82, 2.24) is 10.6 Å². The van der Waals surface area contributed by atoms with E-state index in [1.165, 1.54) is 0 Å². The third kappa shape index (κ3) is 11.6. The monoisotopic (exact) mass is 388 g/mol. The molecule has 0 aromatic heterocycles. The zero-order valence-electron chi connectivity index (χ0n) is 17.9. The number of amides is 1. The minimum Gasteiger partial charge on any atom is -0.444 e. The Kier molecular flexibility index (Phi) is 10.7. The molecule has 5 heteroatoms. The second-order valence-electron chi connectivity index (χ2n) is 8.29. The van der Waals surface area contributed by atoms with Crippen LogP contribution in [0.25, 0.3) is 0 Å². The molecule has 0 saturated carbocycles. The van der Waals surface area contributed by atoms with Crippen LogP contribution >= 0.6 is 0 Å². The number of hydrogen-bond acceptors (Lipinski definition) is 4. The summed E-state index contributed by atoms with van der Waals surface area (Å²) in [4.78, 5) is 12.2. The molecule has 28 heavy (non-hydrogen) atoms. The van der Waals surface area contributed by atoms with Gasteiger partial charge in [-0.1, -0.05) is 44.2 Å². The Balaban J connectivity index is 2.55. The Labute approximate surface area is 170 Å². The van der Waals surface area contributed by atoms with E-state index in [1.54, 1.807) is 0 Å². The average molecular weight is 389 g/mol. The molecular weight excluding hydrogens is 352 g/mol. The van der Waals surface area contributed by atoms with Gasteiger partial charge in [-0.25, -0.2) is 4.79 Å². The van der Waals surface area contributed by atoms with Gasteiger partial charge in [0.1, 0.15) is 5.60 Å². The van der Waals surface area contributed by atoms with E-state index >= 15 is 0 Å². The molecule has 0 saturated heterocycles. The number of nitrogens with one attached hydrogen (secondary N) is 2. The van der Waals surface area contributed by atoms with Crippen molar-refractivity contribution in [3.63, 3.8) is 0 Å². The van der Waals surface area contributed by atoms with Crippen LogP contribution in [0.3, 0.4) is 0 Å². The van der Waals surface area contributed by atoms with Crippen LogP contribution in [0.4, 0.5) is 4.79 Å². The average Bonchev–Trinajstić information content (AvgIpc) is 2.59. The van der Waals surface area contributed by atoms with Gasteiger partial charge in [-0.15, -0.1) is 11.8 Å². The molecular formula is C23H36N2O3. The number of hydrogen-bond donors (Lipinski definition) is 3. The Hall–Kier alpha value is -2.03. The summed E-state index contributed by atoms with van der Waals surface area (Å²) >= 11 is 0. The number of rotatable bonds is 9. The van der Waals surface area contributed by atoms with Crippen LogP contribution in [0.5, 0.6) is 0 Å². The molecule has 1 aromatic carbocycles. The fraction of sp³-hybridized carbons (Fsp3) is 0.609. The number of carbonyl (C=O) groups excluding carboxylic acids is 1. The molecule has 1 rings (SSSR count). The zero-order valence-corrected chi connectivity index (χ0v) is 17.9. The molecule has 0 aliphatic rings. The highest BCUT2D eigenvalue weighted by molar-refractivity contribution is 5.68. The number of unbranched alkanes of at least 4 members (excludes halogenated alkanes) is 1. The number of aliphatic hydroxyl groups excluding tert-OH is 1. The molecule has 0 aliphatic heterocycles. The van der Waals surface area contributed by atoms with Gasteiger partial charge in [-0.05, 0) is 45.7 Å². The first kappa shape index (κ1) is 24.0. The number of benzene rings is 1. The van der Waals surface area contributed by atoms with E-state index in [4.69, 9.17) is 4.74 Å². The molecule has 3 N–H and O–H groups in total. The quantitative estimate of drug-likeness (QED) is 0.447. The van der Waals surface area contributed by atoms with Crippen LogP contribution in [0, 0.1) is 17.8 Å². The van der Waals surface area contributed by atoms with Gasteiger partial charge >= 0.3 is 6.09 Å². The van der Waals surface area contributed by atoms with Gasteiger partial charge in [0.15, 0.2) is 0 Å². The lowest BCUT2D eigenvalue weighted by Crippen LogP contribution is -2.50. The highest BCUT2D eigenvalue weighted by Crippen LogP contribution is 2.10. The Morgan fingerprint density at radius 1 is 1.21 bits per heavy atom. The molecule has 156 valence electrons. The van der Waals surface area contributed by atoms with E-state index in [1.807, 2.05) is 51.1 Å². The van der Waals surface area contributed by atoms with Crippen molar-refractivity contribution < 1.29 is 14.6 Å². The molecule has 1 amide bonds. The lowest BCUT2D eigenvalue weighted by molar-refractivity contribution is 0.0422. The minimum atomic E-state index is -0.727. The second kappa shape index (κ2) is 12.4. The SMILES string of the molecule is CC(C)C#CCCCNCC(O)C(Cc1ccccc1)NC(=O)OC(C)(C)C. The third-order valence-electron chi connectivity index (χ3n) is 3.86. The maximum atomic E-state index is 12.2. The first-order chi connectivity index (χ1) is 13.2. The van der Waals surface area contributed by atoms with Crippen molar-refractivity contribution in [2.24, 2.45) is 5.92 Å². The summed E-state index contributed by atoms with van der Waals surface area (Å²) in [7, 11) is 0. The number of aliphatic hydroxyl groups is 1. The first-order valence-electron chi connectivity index (χ1n) is 10.1. The van der Waals surface area contributed by atoms with Crippen LogP contribution in [-0.4, -0.2) is 42.0 Å². The van der Waals surface area contributed by atoms with Gasteiger partial charge in [-0.3, -0.25) is 0 Å². The Morgan fingerprint density at radius 2 is 1.89 bits per heavy atom. The van der Waals surface area contributed by atoms with Crippen molar-refractivity contribution in [2.75, 3.05) is 13.1 Å². The van der Waals surface area contributed by atoms with Crippen molar-refractivity contribution in [3.8, 4) is 11.8 Å². The number of alkyl carbamates (subject to hydrolysis) is 1. The molecule has 0 heterocycles. The number of ether oxygens (including phenoxy) is 1. The highest BCUT2D eigenvalue weighted by atomic mass is 16.6. The van der Waals surface area contributed by atoms with Gasteiger partial charge in [0.05, 0.1) is 12.1 Å². The molecule has 0 aliphatic carbocycles. The van der Waals surface area contributed by atoms with E-state index in [2.05, 4.69) is 36.3 Å². The maximum absolute atomic E-state index is 12.2. The summed E-state index contributed by atoms with van der Waals surface area (Å²) in [5.74, 6) is 6.69. The summed E-state index contributed by atoms with van der Waals surface area (Å²) < 4.78 is 5.35. The summed E-state index contributed by atoms with van der Waals surface area (Å²) in [5.41, 5.74) is 0.466. The van der Waals surface area contributed by atoms with Crippen molar-refractivity contribution in [2.45, 2.75) is 71.6 Å². The van der Waals surface area contributed by atoms with Crippen LogP contribution in [0.15, 0.2) is 30.3 Å². The first-order valence-corrected chi connectivity index (χ1v) is 10.1. The van der Waals surface area contributed by atoms with Crippen LogP contribution in [0.2, 0.25) is 0 Å². The number of carbonyl (C=O) groups is 1. The van der Waals surface area contributed by atoms with Crippen LogP contribution in [-0.2, 0) is 11.2 Å². The zero-order chi connectivity index (χ0) is 21.0. The summed E-state index contributed by atoms with van der Waals surface area (Å²) in [6, 6.07) is 9.37. The van der Waals surface area contributed by atoms with E-state index in [0.29, 0.717) is 18.9 Å². The lowest BCUT2D eigenvalue weighted by Gasteiger charge is -2.27. The molecule has 0 radical (unpaired) electrons. The predicted octanol–water partition coefficient (Wildman–Crippen LogP) is 3.51. The van der Waals surface area contributed by atoms with E-state index in [9.17, 15) is 9.90 Å². The fourth-order valence-corrected chi connectivity index (χ4v) is 2.58. The van der Waals surface area contributed by atoms with Crippen LogP contribution < -0.4 is 10.6 Å². The Morgan fingerprint density at radius 3 is 2.50 bits per heavy atom. The standard InChI is InChI=1S/C23H36N2O3/c1-18(2)12-8-7-11-15-24-17-21(26)20(16-19-13-9-6-10-14-19)25-22(27)28-23(3,4)5/h6,9-10,13-14,18,20-21,24,26H,7,11,15-17H2,1-5H3,(H,25,27). The molecule has 0 fully saturated rings. The second-order valence-corrected chi connectivity index (χ2v) is 8.29. The predicted molar refractivity (Wildman–Crippen MR) is 114 cm³/mol. The van der Waals surface area contributed by atoms with Crippen molar-refractivity contribution in [1.29, 1.82) is 0 Å². The van der Waals surface area contributed by atoms with E-state index in [0.717, 1.165) is 24.9 Å². The molecule has 0 spiro atoms. The molecule has 1 aromatic rings. The van der Waals surface area contributed by atoms with Gasteiger partial charge in [-0.2, -0.15) is 0 Å². The largest absolute Gasteiger partial charge is 0.444 e.